The number of carboxylic acid groups (broad SMARTS) is 1. The molecule has 0 radical (unpaired) electrons. The average molecular weight is 564 g/mol. The summed E-state index contributed by atoms with van der Waals surface area (Å²) in [7, 11) is 0. The number of nitrogens with two attached hydrogens (primary N) is 1. The first-order valence-corrected chi connectivity index (χ1v) is 14.0. The van der Waals surface area contributed by atoms with Gasteiger partial charge in [-0.05, 0) is 52.9 Å². The summed E-state index contributed by atoms with van der Waals surface area (Å²) < 4.78 is 5.60. The van der Waals surface area contributed by atoms with Gasteiger partial charge in [-0.15, -0.1) is 0 Å². The van der Waals surface area contributed by atoms with Crippen molar-refractivity contribution >= 4 is 23.5 Å². The number of amides is 2. The van der Waals surface area contributed by atoms with Gasteiger partial charge in [0.25, 0.3) is 5.91 Å². The monoisotopic (exact) mass is 563 g/mol. The highest BCUT2D eigenvalue weighted by atomic mass is 16.5. The van der Waals surface area contributed by atoms with Crippen LogP contribution in [0.25, 0.3) is 11.1 Å². The summed E-state index contributed by atoms with van der Waals surface area (Å²) in [6.45, 7) is 2.14. The number of hydrogen-bond acceptors (Lipinski definition) is 5. The molecule has 3 N–H and O–H groups in total. The van der Waals surface area contributed by atoms with Crippen LogP contribution < -0.4 is 15.4 Å². The number of anilines is 1. The number of aliphatic carboxylic acids is 1. The van der Waals surface area contributed by atoms with Crippen molar-refractivity contribution in [2.75, 3.05) is 24.6 Å². The molecule has 0 aliphatic carbocycles. The van der Waals surface area contributed by atoms with Gasteiger partial charge in [0.05, 0.1) is 17.3 Å². The molecule has 0 aromatic heterocycles. The Morgan fingerprint density at radius 1 is 0.881 bits per heavy atom. The Bertz CT molecular complexity index is 1520. The highest BCUT2D eigenvalue weighted by Gasteiger charge is 2.40. The third-order valence-electron chi connectivity index (χ3n) is 7.43. The molecule has 5 rings (SSSR count). The van der Waals surface area contributed by atoms with Crippen LogP contribution in [0, 0.1) is 0 Å². The van der Waals surface area contributed by atoms with Crippen molar-refractivity contribution in [3.05, 3.63) is 120 Å². The number of ether oxygens (including phenoxy) is 1. The quantitative estimate of drug-likeness (QED) is 0.277. The Hall–Kier alpha value is -4.95. The van der Waals surface area contributed by atoms with E-state index in [0.29, 0.717) is 24.6 Å². The van der Waals surface area contributed by atoms with E-state index in [1.807, 2.05) is 91.0 Å². The van der Waals surface area contributed by atoms with Gasteiger partial charge in [0.2, 0.25) is 5.91 Å². The number of nitrogens with zero attached hydrogens (tertiary/aromatic N) is 2. The van der Waals surface area contributed by atoms with E-state index in [2.05, 4.69) is 0 Å². The molecule has 0 saturated carbocycles. The van der Waals surface area contributed by atoms with Crippen LogP contribution in [0.4, 0.5) is 5.69 Å². The van der Waals surface area contributed by atoms with Crippen molar-refractivity contribution in [3.8, 4) is 16.9 Å². The zero-order valence-corrected chi connectivity index (χ0v) is 23.4. The number of carbonyl (C=O) groups excluding carboxylic acids is 2. The van der Waals surface area contributed by atoms with Crippen LogP contribution in [0.1, 0.15) is 40.9 Å². The van der Waals surface area contributed by atoms with Crippen molar-refractivity contribution in [1.82, 2.24) is 4.90 Å². The van der Waals surface area contributed by atoms with E-state index >= 15 is 0 Å². The molecule has 8 nitrogen and oxygen atoms in total. The summed E-state index contributed by atoms with van der Waals surface area (Å²) in [6, 6.07) is 30.4. The molecule has 0 bridgehead atoms. The maximum Gasteiger partial charge on any atom is 0.326 e. The zero-order chi connectivity index (χ0) is 29.6. The number of rotatable bonds is 10. The zero-order valence-electron chi connectivity index (χ0n) is 23.4. The fourth-order valence-corrected chi connectivity index (χ4v) is 5.42. The molecule has 1 heterocycles. The molecule has 214 valence electrons. The molecule has 0 spiro atoms. The van der Waals surface area contributed by atoms with E-state index in [-0.39, 0.29) is 24.4 Å². The SMILES string of the molecule is CCC(C(=O)O)N1CC(=O)N(C(c2ccccc2)c2ccccc2)c2ccc(-c3ccc(OCCN)cc3)cc2C1=O. The molecule has 0 saturated heterocycles. The molecule has 0 fully saturated rings. The summed E-state index contributed by atoms with van der Waals surface area (Å²) in [5.41, 5.74) is 9.56. The first kappa shape index (κ1) is 28.6. The van der Waals surface area contributed by atoms with E-state index in [4.69, 9.17) is 10.5 Å². The maximum absolute atomic E-state index is 14.2. The first-order valence-electron chi connectivity index (χ1n) is 14.0. The fourth-order valence-electron chi connectivity index (χ4n) is 5.42. The van der Waals surface area contributed by atoms with Gasteiger partial charge in [-0.25, -0.2) is 4.79 Å². The first-order chi connectivity index (χ1) is 20.4. The minimum atomic E-state index is -1.15. The lowest BCUT2D eigenvalue weighted by Gasteiger charge is -2.33. The third kappa shape index (κ3) is 5.75. The molecule has 8 heteroatoms. The molecule has 42 heavy (non-hydrogen) atoms. The largest absolute Gasteiger partial charge is 0.492 e. The second kappa shape index (κ2) is 12.7. The van der Waals surface area contributed by atoms with Crippen LogP contribution in [0.3, 0.4) is 0 Å². The van der Waals surface area contributed by atoms with Gasteiger partial charge in [-0.2, -0.15) is 0 Å². The van der Waals surface area contributed by atoms with Crippen molar-refractivity contribution < 1.29 is 24.2 Å². The number of benzene rings is 4. The summed E-state index contributed by atoms with van der Waals surface area (Å²) in [6.07, 6.45) is 0.161. The van der Waals surface area contributed by atoms with E-state index < -0.39 is 24.0 Å². The number of fused-ring (bicyclic) bond motifs is 1. The van der Waals surface area contributed by atoms with Gasteiger partial charge in [-0.3, -0.25) is 14.5 Å². The second-order valence-corrected chi connectivity index (χ2v) is 10.1. The van der Waals surface area contributed by atoms with Gasteiger partial charge < -0.3 is 20.5 Å². The van der Waals surface area contributed by atoms with Crippen molar-refractivity contribution in [1.29, 1.82) is 0 Å². The van der Waals surface area contributed by atoms with Crippen molar-refractivity contribution in [2.45, 2.75) is 25.4 Å². The summed E-state index contributed by atoms with van der Waals surface area (Å²) >= 11 is 0. The van der Waals surface area contributed by atoms with Crippen LogP contribution in [-0.4, -0.2) is 53.5 Å². The van der Waals surface area contributed by atoms with Crippen LogP contribution in [0.2, 0.25) is 0 Å². The van der Waals surface area contributed by atoms with E-state index in [9.17, 15) is 19.5 Å². The van der Waals surface area contributed by atoms with Gasteiger partial charge in [-0.1, -0.05) is 85.8 Å². The molecule has 1 aliphatic rings. The lowest BCUT2D eigenvalue weighted by Crippen LogP contribution is -2.48. The van der Waals surface area contributed by atoms with Crippen LogP contribution >= 0.6 is 0 Å². The lowest BCUT2D eigenvalue weighted by molar-refractivity contribution is -0.142. The summed E-state index contributed by atoms with van der Waals surface area (Å²) in [4.78, 5) is 43.3. The smallest absolute Gasteiger partial charge is 0.326 e. The Labute approximate surface area is 244 Å². The predicted octanol–water partition coefficient (Wildman–Crippen LogP) is 5.13. The minimum Gasteiger partial charge on any atom is -0.492 e. The van der Waals surface area contributed by atoms with Crippen LogP contribution in [0.5, 0.6) is 5.75 Å². The molecule has 1 aliphatic heterocycles. The Kier molecular flexibility index (Phi) is 8.64. The standard InChI is InChI=1S/C34H33N3O5/c1-2-29(34(40)41)36-22-31(38)37(32(24-9-5-3-6-10-24)25-11-7-4-8-12-25)30-18-15-26(21-28(30)33(36)39)23-13-16-27(17-14-23)42-20-19-35/h3-18,21,29,32H,2,19-20,22,35H2,1H3,(H,40,41). The molecular formula is C34H33N3O5. The number of hydrogen-bond donors (Lipinski definition) is 2. The lowest BCUT2D eigenvalue weighted by atomic mass is 9.94. The van der Waals surface area contributed by atoms with Gasteiger partial charge in [0, 0.05) is 6.54 Å². The predicted molar refractivity (Wildman–Crippen MR) is 161 cm³/mol. The highest BCUT2D eigenvalue weighted by Crippen LogP contribution is 2.39. The van der Waals surface area contributed by atoms with Crippen molar-refractivity contribution in [2.24, 2.45) is 5.73 Å². The van der Waals surface area contributed by atoms with Crippen molar-refractivity contribution in [3.63, 3.8) is 0 Å². The molecule has 1 atom stereocenters. The summed E-state index contributed by atoms with van der Waals surface area (Å²) in [5, 5.41) is 9.98. The number of carboxylic acids is 1. The van der Waals surface area contributed by atoms with Crippen LogP contribution in [-0.2, 0) is 9.59 Å². The molecule has 2 amide bonds. The van der Waals surface area contributed by atoms with Gasteiger partial charge in [0.15, 0.2) is 0 Å². The Morgan fingerprint density at radius 3 is 2.02 bits per heavy atom. The Morgan fingerprint density at radius 2 is 1.48 bits per heavy atom. The van der Waals surface area contributed by atoms with E-state index in [1.54, 1.807) is 24.0 Å². The van der Waals surface area contributed by atoms with Crippen LogP contribution in [0.15, 0.2) is 103 Å². The third-order valence-corrected chi connectivity index (χ3v) is 7.43. The molecule has 1 unspecified atom stereocenters. The minimum absolute atomic E-state index is 0.161. The van der Waals surface area contributed by atoms with E-state index in [0.717, 1.165) is 22.3 Å². The molecular weight excluding hydrogens is 530 g/mol. The molecule has 4 aromatic carbocycles. The highest BCUT2D eigenvalue weighted by molar-refractivity contribution is 6.11. The second-order valence-electron chi connectivity index (χ2n) is 10.1. The van der Waals surface area contributed by atoms with Gasteiger partial charge >= 0.3 is 5.97 Å². The van der Waals surface area contributed by atoms with Gasteiger partial charge in [0.1, 0.15) is 24.9 Å². The molecule has 4 aromatic rings. The maximum atomic E-state index is 14.2. The van der Waals surface area contributed by atoms with E-state index in [1.165, 1.54) is 4.90 Å². The Balaban J connectivity index is 1.68. The topological polar surface area (TPSA) is 113 Å². The normalized spacial score (nSPS) is 14.0. The average Bonchev–Trinajstić information content (AvgIpc) is 3.12. The summed E-state index contributed by atoms with van der Waals surface area (Å²) in [5.74, 6) is -1.34. The fraction of sp³-hybridized carbons (Fsp3) is 0.206. The number of carbonyl (C=O) groups is 3.